The molecule has 4 aromatic rings. The van der Waals surface area contributed by atoms with Crippen molar-refractivity contribution in [2.24, 2.45) is 0 Å². The van der Waals surface area contributed by atoms with Crippen molar-refractivity contribution in [2.75, 3.05) is 5.32 Å². The maximum Gasteiger partial charge on any atom is 0.293 e. The number of nitrogens with zero attached hydrogens (tertiary/aromatic N) is 4. The monoisotopic (exact) mass is 441 g/mol. The van der Waals surface area contributed by atoms with Gasteiger partial charge in [0.05, 0.1) is 5.69 Å². The van der Waals surface area contributed by atoms with Gasteiger partial charge in [0.15, 0.2) is 0 Å². The summed E-state index contributed by atoms with van der Waals surface area (Å²) in [5, 5.41) is 10.9. The van der Waals surface area contributed by atoms with E-state index in [1.165, 1.54) is 29.0 Å². The normalized spacial score (nSPS) is 10.9. The Balaban J connectivity index is 1.60. The Hall–Kier alpha value is -3.33. The molecule has 0 aliphatic carbocycles. The number of amides is 1. The number of carbonyl (C=O) groups is 1. The summed E-state index contributed by atoms with van der Waals surface area (Å²) in [6.07, 6.45) is 1.37. The van der Waals surface area contributed by atoms with Gasteiger partial charge in [0.1, 0.15) is 24.2 Å². The van der Waals surface area contributed by atoms with Crippen molar-refractivity contribution in [3.05, 3.63) is 81.6 Å². The Morgan fingerprint density at radius 1 is 1.14 bits per heavy atom. The van der Waals surface area contributed by atoms with Crippen LogP contribution < -0.4 is 10.9 Å². The van der Waals surface area contributed by atoms with Gasteiger partial charge < -0.3 is 5.32 Å². The van der Waals surface area contributed by atoms with Gasteiger partial charge >= 0.3 is 0 Å². The van der Waals surface area contributed by atoms with E-state index in [0.29, 0.717) is 16.9 Å². The highest BCUT2D eigenvalue weighted by molar-refractivity contribution is 9.10. The van der Waals surface area contributed by atoms with E-state index in [2.05, 4.69) is 31.4 Å². The fourth-order valence-corrected chi connectivity index (χ4v) is 2.98. The highest BCUT2D eigenvalue weighted by Gasteiger charge is 2.12. The van der Waals surface area contributed by atoms with E-state index in [1.807, 2.05) is 24.3 Å². The smallest absolute Gasteiger partial charge is 0.293 e. The van der Waals surface area contributed by atoms with Gasteiger partial charge in [0.2, 0.25) is 5.91 Å². The number of benzene rings is 2. The summed E-state index contributed by atoms with van der Waals surface area (Å²) >= 11 is 3.38. The second-order valence-corrected chi connectivity index (χ2v) is 6.93. The summed E-state index contributed by atoms with van der Waals surface area (Å²) in [6, 6.07) is 14.7. The number of hydrogen-bond acceptors (Lipinski definition) is 4. The first-order chi connectivity index (χ1) is 13.5. The predicted molar refractivity (Wildman–Crippen MR) is 105 cm³/mol. The lowest BCUT2D eigenvalue weighted by atomic mass is 10.1. The molecule has 0 saturated heterocycles. The molecule has 2 aromatic carbocycles. The molecule has 28 heavy (non-hydrogen) atoms. The fraction of sp³-hybridized carbons (Fsp3) is 0.0526. The van der Waals surface area contributed by atoms with E-state index in [0.717, 1.165) is 14.7 Å². The first kappa shape index (κ1) is 18.1. The van der Waals surface area contributed by atoms with Crippen LogP contribution in [0.5, 0.6) is 0 Å². The van der Waals surface area contributed by atoms with Crippen LogP contribution in [0, 0.1) is 5.82 Å². The number of hydrogen-bond donors (Lipinski definition) is 1. The number of rotatable bonds is 4. The summed E-state index contributed by atoms with van der Waals surface area (Å²) in [7, 11) is 0. The third kappa shape index (κ3) is 3.70. The Kier molecular flexibility index (Phi) is 4.74. The van der Waals surface area contributed by atoms with Crippen LogP contribution in [0.2, 0.25) is 0 Å². The third-order valence-corrected chi connectivity index (χ3v) is 4.56. The van der Waals surface area contributed by atoms with E-state index >= 15 is 0 Å². The number of carbonyl (C=O) groups excluding carboxylic acids is 1. The number of fused-ring (bicyclic) bond motifs is 1. The van der Waals surface area contributed by atoms with Gasteiger partial charge in [-0.25, -0.2) is 13.6 Å². The average molecular weight is 442 g/mol. The van der Waals surface area contributed by atoms with Crippen LogP contribution in [-0.2, 0) is 11.3 Å². The Bertz CT molecular complexity index is 1230. The van der Waals surface area contributed by atoms with Crippen LogP contribution in [0.15, 0.2) is 70.2 Å². The van der Waals surface area contributed by atoms with Gasteiger partial charge in [-0.3, -0.25) is 9.59 Å². The number of halogens is 2. The molecule has 0 aliphatic heterocycles. The highest BCUT2D eigenvalue weighted by Crippen LogP contribution is 2.20. The van der Waals surface area contributed by atoms with Crippen LogP contribution >= 0.6 is 15.9 Å². The predicted octanol–water partition coefficient (Wildman–Crippen LogP) is 3.10. The Morgan fingerprint density at radius 3 is 2.68 bits per heavy atom. The molecule has 1 N–H and O–H groups in total. The average Bonchev–Trinajstić information content (AvgIpc) is 3.10. The largest absolute Gasteiger partial charge is 0.324 e. The van der Waals surface area contributed by atoms with Crippen LogP contribution in [0.25, 0.3) is 16.8 Å². The molecular weight excluding hydrogens is 429 g/mol. The minimum atomic E-state index is -0.489. The molecule has 2 aromatic heterocycles. The van der Waals surface area contributed by atoms with Crippen molar-refractivity contribution in [3.8, 4) is 11.3 Å². The summed E-state index contributed by atoms with van der Waals surface area (Å²) in [5.74, 6) is -0.952. The zero-order valence-corrected chi connectivity index (χ0v) is 15.9. The molecule has 1 amide bonds. The summed E-state index contributed by atoms with van der Waals surface area (Å²) in [5.41, 5.74) is 1.62. The third-order valence-electron chi connectivity index (χ3n) is 4.03. The van der Waals surface area contributed by atoms with E-state index < -0.39 is 17.3 Å². The molecule has 9 heteroatoms. The number of anilines is 1. The van der Waals surface area contributed by atoms with Gasteiger partial charge in [-0.05, 0) is 36.4 Å². The maximum absolute atomic E-state index is 13.2. The minimum Gasteiger partial charge on any atom is -0.324 e. The first-order valence-electron chi connectivity index (χ1n) is 8.26. The van der Waals surface area contributed by atoms with Crippen molar-refractivity contribution in [2.45, 2.75) is 6.54 Å². The molecular formula is C19H13BrFN5O2. The molecule has 0 saturated carbocycles. The topological polar surface area (TPSA) is 81.3 Å². The minimum absolute atomic E-state index is 0.298. The first-order valence-corrected chi connectivity index (χ1v) is 9.06. The summed E-state index contributed by atoms with van der Waals surface area (Å²) in [6.45, 7) is -0.301. The van der Waals surface area contributed by atoms with E-state index in [-0.39, 0.29) is 6.54 Å². The SMILES string of the molecule is O=C(Cn1ncn2nc(-c3ccc(Br)cc3)cc2c1=O)Nc1cccc(F)c1. The molecule has 7 nitrogen and oxygen atoms in total. The summed E-state index contributed by atoms with van der Waals surface area (Å²) in [4.78, 5) is 24.8. The van der Waals surface area contributed by atoms with E-state index in [9.17, 15) is 14.0 Å². The second-order valence-electron chi connectivity index (χ2n) is 6.02. The van der Waals surface area contributed by atoms with Gasteiger partial charge in [0, 0.05) is 15.7 Å². The Labute approximate surface area is 166 Å². The standard InChI is InChI=1S/C19H13BrFN5O2/c20-13-6-4-12(5-7-13)16-9-17-19(28)25(22-11-26(17)24-16)10-18(27)23-15-3-1-2-14(21)8-15/h1-9,11H,10H2,(H,23,27). The van der Waals surface area contributed by atoms with E-state index in [1.54, 1.807) is 12.1 Å². The molecule has 140 valence electrons. The van der Waals surface area contributed by atoms with E-state index in [4.69, 9.17) is 0 Å². The van der Waals surface area contributed by atoms with Crippen LogP contribution in [0.3, 0.4) is 0 Å². The summed E-state index contributed by atoms with van der Waals surface area (Å²) < 4.78 is 16.6. The number of aromatic nitrogens is 4. The maximum atomic E-state index is 13.2. The molecule has 4 rings (SSSR count). The quantitative estimate of drug-likeness (QED) is 0.527. The van der Waals surface area contributed by atoms with Gasteiger partial charge in [-0.15, -0.1) is 0 Å². The zero-order chi connectivity index (χ0) is 19.7. The van der Waals surface area contributed by atoms with Crippen molar-refractivity contribution < 1.29 is 9.18 Å². The number of nitrogens with one attached hydrogen (secondary N) is 1. The molecule has 0 radical (unpaired) electrons. The van der Waals surface area contributed by atoms with Crippen LogP contribution in [-0.4, -0.2) is 25.3 Å². The van der Waals surface area contributed by atoms with Crippen LogP contribution in [0.4, 0.5) is 10.1 Å². The van der Waals surface area contributed by atoms with Gasteiger partial charge in [0.25, 0.3) is 5.56 Å². The van der Waals surface area contributed by atoms with Crippen molar-refractivity contribution in [3.63, 3.8) is 0 Å². The molecule has 0 spiro atoms. The lowest BCUT2D eigenvalue weighted by molar-refractivity contribution is -0.117. The van der Waals surface area contributed by atoms with Crippen LogP contribution in [0.1, 0.15) is 0 Å². The molecule has 0 bridgehead atoms. The molecule has 2 heterocycles. The fourth-order valence-electron chi connectivity index (χ4n) is 2.72. The second kappa shape index (κ2) is 7.35. The molecule has 0 atom stereocenters. The molecule has 0 unspecified atom stereocenters. The lowest BCUT2D eigenvalue weighted by Crippen LogP contribution is -2.30. The Morgan fingerprint density at radius 2 is 1.93 bits per heavy atom. The lowest BCUT2D eigenvalue weighted by Gasteiger charge is -2.06. The van der Waals surface area contributed by atoms with Crippen molar-refractivity contribution in [1.82, 2.24) is 19.4 Å². The highest BCUT2D eigenvalue weighted by atomic mass is 79.9. The van der Waals surface area contributed by atoms with Crippen molar-refractivity contribution >= 4 is 33.0 Å². The van der Waals surface area contributed by atoms with Gasteiger partial charge in [-0.1, -0.05) is 34.1 Å². The van der Waals surface area contributed by atoms with Gasteiger partial charge in [-0.2, -0.15) is 10.2 Å². The zero-order valence-electron chi connectivity index (χ0n) is 14.3. The molecule has 0 aliphatic rings. The molecule has 0 fully saturated rings. The van der Waals surface area contributed by atoms with Crippen molar-refractivity contribution in [1.29, 1.82) is 0 Å².